The van der Waals surface area contributed by atoms with Crippen molar-refractivity contribution in [3.63, 3.8) is 0 Å². The van der Waals surface area contributed by atoms with E-state index in [0.717, 1.165) is 19.4 Å². The summed E-state index contributed by atoms with van der Waals surface area (Å²) in [6.07, 6.45) is 2.65. The van der Waals surface area contributed by atoms with Crippen molar-refractivity contribution in [1.29, 1.82) is 0 Å². The van der Waals surface area contributed by atoms with Crippen LogP contribution in [0.15, 0.2) is 29.2 Å². The molecule has 7 nitrogen and oxygen atoms in total. The monoisotopic (exact) mass is 371 g/mol. The molecule has 1 amide bonds. The van der Waals surface area contributed by atoms with Gasteiger partial charge >= 0.3 is 0 Å². The number of unbranched alkanes of at least 4 members (excludes halogenated alkanes) is 1. The quantitative estimate of drug-likeness (QED) is 0.546. The van der Waals surface area contributed by atoms with Gasteiger partial charge in [0.25, 0.3) is 0 Å². The molecule has 0 aliphatic heterocycles. The number of benzene rings is 1. The highest BCUT2D eigenvalue weighted by molar-refractivity contribution is 7.89. The fourth-order valence-corrected chi connectivity index (χ4v) is 3.15. The van der Waals surface area contributed by atoms with Crippen LogP contribution in [0.25, 0.3) is 0 Å². The second kappa shape index (κ2) is 11.2. The molecule has 1 rings (SSSR count). The number of hydrogen-bond acceptors (Lipinski definition) is 5. The molecular formula is C17H29N3O4S. The minimum absolute atomic E-state index is 0.0859. The van der Waals surface area contributed by atoms with Gasteiger partial charge in [-0.15, -0.1) is 0 Å². The van der Waals surface area contributed by atoms with Gasteiger partial charge in [0, 0.05) is 32.3 Å². The van der Waals surface area contributed by atoms with Crippen molar-refractivity contribution in [1.82, 2.24) is 9.62 Å². The Bertz CT molecular complexity index is 617. The van der Waals surface area contributed by atoms with E-state index in [1.54, 1.807) is 12.1 Å². The molecule has 0 saturated carbocycles. The lowest BCUT2D eigenvalue weighted by Gasteiger charge is -2.15. The highest BCUT2D eigenvalue weighted by Crippen LogP contribution is 2.14. The molecule has 0 aliphatic carbocycles. The lowest BCUT2D eigenvalue weighted by Crippen LogP contribution is -2.27. The van der Waals surface area contributed by atoms with E-state index in [1.807, 2.05) is 7.05 Å². The summed E-state index contributed by atoms with van der Waals surface area (Å²) in [4.78, 5) is 14.2. The van der Waals surface area contributed by atoms with Crippen LogP contribution in [0.3, 0.4) is 0 Å². The normalized spacial score (nSPS) is 11.7. The van der Waals surface area contributed by atoms with Crippen molar-refractivity contribution in [3.05, 3.63) is 24.3 Å². The molecular weight excluding hydrogens is 342 g/mol. The van der Waals surface area contributed by atoms with Crippen molar-refractivity contribution in [2.75, 3.05) is 45.7 Å². The molecule has 0 fully saturated rings. The smallest absolute Gasteiger partial charge is 0.240 e. The zero-order chi connectivity index (χ0) is 18.7. The van der Waals surface area contributed by atoms with Crippen LogP contribution in [0.5, 0.6) is 0 Å². The van der Waals surface area contributed by atoms with Crippen molar-refractivity contribution < 1.29 is 17.9 Å². The van der Waals surface area contributed by atoms with Crippen molar-refractivity contribution in [2.45, 2.75) is 31.1 Å². The van der Waals surface area contributed by atoms with Crippen molar-refractivity contribution in [3.8, 4) is 0 Å². The number of ether oxygens (including phenoxy) is 1. The van der Waals surface area contributed by atoms with E-state index in [9.17, 15) is 13.2 Å². The Kier molecular flexibility index (Phi) is 9.66. The molecule has 1 aromatic rings. The minimum Gasteiger partial charge on any atom is -0.383 e. The Balaban J connectivity index is 2.49. The second-order valence-electron chi connectivity index (χ2n) is 5.87. The Morgan fingerprint density at radius 2 is 1.88 bits per heavy atom. The third-order valence-corrected chi connectivity index (χ3v) is 5.14. The number of anilines is 1. The summed E-state index contributed by atoms with van der Waals surface area (Å²) in [5.74, 6) is -0.0859. The Labute approximate surface area is 150 Å². The molecule has 0 radical (unpaired) electrons. The van der Waals surface area contributed by atoms with Crippen LogP contribution in [0, 0.1) is 0 Å². The van der Waals surface area contributed by atoms with Crippen LogP contribution >= 0.6 is 0 Å². The molecule has 1 aromatic carbocycles. The number of amides is 1. The molecule has 142 valence electrons. The van der Waals surface area contributed by atoms with Gasteiger partial charge in [-0.2, -0.15) is 0 Å². The summed E-state index contributed by atoms with van der Waals surface area (Å²) in [7, 11) is -0.0510. The van der Waals surface area contributed by atoms with Gasteiger partial charge in [0.2, 0.25) is 15.9 Å². The lowest BCUT2D eigenvalue weighted by atomic mass is 10.3. The number of sulfonamides is 1. The van der Waals surface area contributed by atoms with Gasteiger partial charge in [-0.3, -0.25) is 4.79 Å². The fraction of sp³-hybridized carbons (Fsp3) is 0.588. The predicted octanol–water partition coefficient (Wildman–Crippen LogP) is 1.67. The Morgan fingerprint density at radius 1 is 1.20 bits per heavy atom. The molecule has 25 heavy (non-hydrogen) atoms. The standard InChI is InChI=1S/C17H29N3O4S/c1-4-5-12-20(2)13-10-17(21)19-15-6-8-16(9-7-15)25(22,23)18-11-14-24-3/h6-9,18H,4-5,10-14H2,1-3H3,(H,19,21). The zero-order valence-electron chi connectivity index (χ0n) is 15.2. The number of carbonyl (C=O) groups is 1. The molecule has 0 unspecified atom stereocenters. The predicted molar refractivity (Wildman–Crippen MR) is 99.2 cm³/mol. The third kappa shape index (κ3) is 8.44. The van der Waals surface area contributed by atoms with E-state index < -0.39 is 10.0 Å². The number of rotatable bonds is 12. The summed E-state index contributed by atoms with van der Waals surface area (Å²) in [5.41, 5.74) is 0.581. The van der Waals surface area contributed by atoms with Crippen LogP contribution < -0.4 is 10.0 Å². The molecule has 0 atom stereocenters. The van der Waals surface area contributed by atoms with Gasteiger partial charge in [-0.25, -0.2) is 13.1 Å². The molecule has 0 saturated heterocycles. The van der Waals surface area contributed by atoms with Gasteiger partial charge in [0.05, 0.1) is 11.5 Å². The van der Waals surface area contributed by atoms with Crippen LogP contribution in [-0.4, -0.2) is 59.6 Å². The molecule has 0 bridgehead atoms. The SMILES string of the molecule is CCCCN(C)CCC(=O)Nc1ccc(S(=O)(=O)NCCOC)cc1. The van der Waals surface area contributed by atoms with Crippen LogP contribution in [0.4, 0.5) is 5.69 Å². The summed E-state index contributed by atoms with van der Waals surface area (Å²) >= 11 is 0. The maximum absolute atomic E-state index is 12.0. The summed E-state index contributed by atoms with van der Waals surface area (Å²) in [6, 6.07) is 6.11. The van der Waals surface area contributed by atoms with E-state index in [4.69, 9.17) is 4.74 Å². The van der Waals surface area contributed by atoms with Crippen LogP contribution in [-0.2, 0) is 19.6 Å². The maximum Gasteiger partial charge on any atom is 0.240 e. The molecule has 0 heterocycles. The Morgan fingerprint density at radius 3 is 2.48 bits per heavy atom. The zero-order valence-corrected chi connectivity index (χ0v) is 16.1. The van der Waals surface area contributed by atoms with Crippen molar-refractivity contribution >= 4 is 21.6 Å². The lowest BCUT2D eigenvalue weighted by molar-refractivity contribution is -0.116. The van der Waals surface area contributed by atoms with E-state index in [0.29, 0.717) is 25.3 Å². The van der Waals surface area contributed by atoms with Gasteiger partial charge < -0.3 is 15.0 Å². The first kappa shape index (κ1) is 21.6. The third-order valence-electron chi connectivity index (χ3n) is 3.66. The summed E-state index contributed by atoms with van der Waals surface area (Å²) < 4.78 is 31.3. The van der Waals surface area contributed by atoms with Gasteiger partial charge in [-0.1, -0.05) is 13.3 Å². The number of hydrogen-bond donors (Lipinski definition) is 2. The highest BCUT2D eigenvalue weighted by Gasteiger charge is 2.13. The van der Waals surface area contributed by atoms with Crippen LogP contribution in [0.1, 0.15) is 26.2 Å². The summed E-state index contributed by atoms with van der Waals surface area (Å²) in [6.45, 7) is 4.33. The van der Waals surface area contributed by atoms with Gasteiger partial charge in [0.15, 0.2) is 0 Å². The second-order valence-corrected chi connectivity index (χ2v) is 7.64. The van der Waals surface area contributed by atoms with E-state index in [2.05, 4.69) is 21.9 Å². The number of nitrogens with zero attached hydrogens (tertiary/aromatic N) is 1. The molecule has 0 aliphatic rings. The van der Waals surface area contributed by atoms with Crippen molar-refractivity contribution in [2.24, 2.45) is 0 Å². The van der Waals surface area contributed by atoms with Crippen LogP contribution in [0.2, 0.25) is 0 Å². The number of carbonyl (C=O) groups excluding carboxylic acids is 1. The maximum atomic E-state index is 12.0. The largest absolute Gasteiger partial charge is 0.383 e. The summed E-state index contributed by atoms with van der Waals surface area (Å²) in [5, 5.41) is 2.78. The van der Waals surface area contributed by atoms with Gasteiger partial charge in [0.1, 0.15) is 0 Å². The molecule has 8 heteroatoms. The number of nitrogens with one attached hydrogen (secondary N) is 2. The first-order chi connectivity index (χ1) is 11.9. The topological polar surface area (TPSA) is 87.7 Å². The minimum atomic E-state index is -3.56. The molecule has 2 N–H and O–H groups in total. The first-order valence-corrected chi connectivity index (χ1v) is 9.94. The van der Waals surface area contributed by atoms with E-state index >= 15 is 0 Å². The van der Waals surface area contributed by atoms with E-state index in [-0.39, 0.29) is 17.3 Å². The Hall–Kier alpha value is -1.48. The molecule has 0 aromatic heterocycles. The average molecular weight is 372 g/mol. The fourth-order valence-electron chi connectivity index (χ4n) is 2.13. The van der Waals surface area contributed by atoms with Gasteiger partial charge in [-0.05, 0) is 44.3 Å². The first-order valence-electron chi connectivity index (χ1n) is 8.46. The number of methoxy groups -OCH3 is 1. The van der Waals surface area contributed by atoms with E-state index in [1.165, 1.54) is 19.2 Å². The average Bonchev–Trinajstić information content (AvgIpc) is 2.58. The highest BCUT2D eigenvalue weighted by atomic mass is 32.2. The molecule has 0 spiro atoms.